The number of nitrogens with one attached hydrogen (secondary N) is 1. The molecule has 98 valence electrons. The number of carbonyl (C=O) groups is 1. The zero-order valence-corrected chi connectivity index (χ0v) is 11.4. The lowest BCUT2D eigenvalue weighted by atomic mass is 10.2. The van der Waals surface area contributed by atoms with Crippen molar-refractivity contribution >= 4 is 27.5 Å². The topological polar surface area (TPSA) is 29.1 Å². The highest BCUT2D eigenvalue weighted by Crippen LogP contribution is 2.15. The molecule has 0 atom stereocenters. The van der Waals surface area contributed by atoms with Gasteiger partial charge in [-0.1, -0.05) is 28.1 Å². The lowest BCUT2D eigenvalue weighted by molar-refractivity contribution is 0.102. The minimum atomic E-state index is -0.880. The van der Waals surface area contributed by atoms with Crippen LogP contribution in [0.1, 0.15) is 15.9 Å². The first-order chi connectivity index (χ1) is 9.10. The summed E-state index contributed by atoms with van der Waals surface area (Å²) in [5.41, 5.74) is 1.43. The maximum Gasteiger partial charge on any atom is 0.258 e. The molecule has 0 radical (unpaired) electrons. The van der Waals surface area contributed by atoms with Crippen molar-refractivity contribution in [1.82, 2.24) is 0 Å². The van der Waals surface area contributed by atoms with Gasteiger partial charge < -0.3 is 5.32 Å². The Morgan fingerprint density at radius 1 is 1.11 bits per heavy atom. The highest BCUT2D eigenvalue weighted by molar-refractivity contribution is 9.08. The molecule has 0 spiro atoms. The summed E-state index contributed by atoms with van der Waals surface area (Å²) in [6, 6.07) is 9.96. The SMILES string of the molecule is O=C(Nc1ccc(CBr)cc1)c1ccc(F)cc1F. The van der Waals surface area contributed by atoms with Gasteiger partial charge in [-0.3, -0.25) is 4.79 Å². The summed E-state index contributed by atoms with van der Waals surface area (Å²) in [5, 5.41) is 3.27. The number of amides is 1. The number of hydrogen-bond donors (Lipinski definition) is 1. The van der Waals surface area contributed by atoms with Crippen molar-refractivity contribution in [3.8, 4) is 0 Å². The van der Waals surface area contributed by atoms with E-state index >= 15 is 0 Å². The van der Waals surface area contributed by atoms with E-state index in [1.165, 1.54) is 0 Å². The fraction of sp³-hybridized carbons (Fsp3) is 0.0714. The third-order valence-corrected chi connectivity index (χ3v) is 3.19. The summed E-state index contributed by atoms with van der Waals surface area (Å²) in [4.78, 5) is 11.8. The molecule has 0 aliphatic heterocycles. The van der Waals surface area contributed by atoms with Crippen molar-refractivity contribution in [1.29, 1.82) is 0 Å². The van der Waals surface area contributed by atoms with Crippen LogP contribution < -0.4 is 5.32 Å². The highest BCUT2D eigenvalue weighted by atomic mass is 79.9. The highest BCUT2D eigenvalue weighted by Gasteiger charge is 2.12. The van der Waals surface area contributed by atoms with Crippen LogP contribution in [-0.4, -0.2) is 5.91 Å². The summed E-state index contributed by atoms with van der Waals surface area (Å²) < 4.78 is 26.2. The van der Waals surface area contributed by atoms with Gasteiger partial charge in [-0.25, -0.2) is 8.78 Å². The Morgan fingerprint density at radius 3 is 2.37 bits per heavy atom. The lowest BCUT2D eigenvalue weighted by Gasteiger charge is -2.06. The smallest absolute Gasteiger partial charge is 0.258 e. The molecule has 0 heterocycles. The molecule has 1 amide bonds. The Morgan fingerprint density at radius 2 is 1.79 bits per heavy atom. The van der Waals surface area contributed by atoms with E-state index in [1.54, 1.807) is 12.1 Å². The van der Waals surface area contributed by atoms with Crippen molar-refractivity contribution in [3.05, 3.63) is 65.2 Å². The van der Waals surface area contributed by atoms with Gasteiger partial charge in [0.15, 0.2) is 0 Å². The number of benzene rings is 2. The molecule has 0 aliphatic carbocycles. The first-order valence-corrected chi connectivity index (χ1v) is 6.63. The standard InChI is InChI=1S/C14H10BrF2NO/c15-8-9-1-4-11(5-2-9)18-14(19)12-6-3-10(16)7-13(12)17/h1-7H,8H2,(H,18,19). The summed E-state index contributed by atoms with van der Waals surface area (Å²) in [6.07, 6.45) is 0. The van der Waals surface area contributed by atoms with Crippen LogP contribution in [0.25, 0.3) is 0 Å². The number of alkyl halides is 1. The molecular formula is C14H10BrF2NO. The molecule has 0 aromatic heterocycles. The van der Waals surface area contributed by atoms with Gasteiger partial charge in [0.25, 0.3) is 5.91 Å². The van der Waals surface area contributed by atoms with Gasteiger partial charge >= 0.3 is 0 Å². The molecule has 2 nitrogen and oxygen atoms in total. The largest absolute Gasteiger partial charge is 0.322 e. The minimum absolute atomic E-state index is 0.189. The first kappa shape index (κ1) is 13.7. The van der Waals surface area contributed by atoms with Crippen LogP contribution in [0.3, 0.4) is 0 Å². The average molecular weight is 326 g/mol. The second kappa shape index (κ2) is 5.93. The molecule has 5 heteroatoms. The molecule has 0 saturated carbocycles. The Labute approximate surface area is 117 Å². The molecule has 0 unspecified atom stereocenters. The summed E-state index contributed by atoms with van der Waals surface area (Å²) in [5.74, 6) is -2.20. The number of anilines is 1. The van der Waals surface area contributed by atoms with Crippen LogP contribution in [0.5, 0.6) is 0 Å². The normalized spacial score (nSPS) is 10.3. The fourth-order valence-electron chi connectivity index (χ4n) is 1.55. The van der Waals surface area contributed by atoms with Crippen molar-refractivity contribution < 1.29 is 13.6 Å². The predicted octanol–water partition coefficient (Wildman–Crippen LogP) is 4.11. The van der Waals surface area contributed by atoms with E-state index in [-0.39, 0.29) is 5.56 Å². The number of carbonyl (C=O) groups excluding carboxylic acids is 1. The number of hydrogen-bond acceptors (Lipinski definition) is 1. The zero-order valence-electron chi connectivity index (χ0n) is 9.79. The number of rotatable bonds is 3. The Kier molecular flexibility index (Phi) is 4.27. The van der Waals surface area contributed by atoms with E-state index in [0.717, 1.165) is 17.7 Å². The van der Waals surface area contributed by atoms with E-state index in [1.807, 2.05) is 12.1 Å². The predicted molar refractivity (Wildman–Crippen MR) is 73.4 cm³/mol. The molecule has 0 saturated heterocycles. The lowest BCUT2D eigenvalue weighted by Crippen LogP contribution is -2.13. The molecule has 2 aromatic carbocycles. The van der Waals surface area contributed by atoms with Crippen LogP contribution in [0, 0.1) is 11.6 Å². The second-order valence-corrected chi connectivity index (χ2v) is 4.47. The molecule has 19 heavy (non-hydrogen) atoms. The van der Waals surface area contributed by atoms with Gasteiger partial charge in [0.05, 0.1) is 5.56 Å². The molecule has 0 bridgehead atoms. The van der Waals surface area contributed by atoms with Crippen LogP contribution in [0.15, 0.2) is 42.5 Å². The van der Waals surface area contributed by atoms with Crippen molar-refractivity contribution in [3.63, 3.8) is 0 Å². The Bertz CT molecular complexity index is 599. The minimum Gasteiger partial charge on any atom is -0.322 e. The maximum atomic E-state index is 13.4. The Balaban J connectivity index is 2.15. The summed E-state index contributed by atoms with van der Waals surface area (Å²) >= 11 is 3.31. The van der Waals surface area contributed by atoms with Crippen molar-refractivity contribution in [2.24, 2.45) is 0 Å². The first-order valence-electron chi connectivity index (χ1n) is 5.51. The van der Waals surface area contributed by atoms with Gasteiger partial charge in [-0.05, 0) is 29.8 Å². The molecule has 2 aromatic rings. The fourth-order valence-corrected chi connectivity index (χ4v) is 1.92. The van der Waals surface area contributed by atoms with Crippen LogP contribution in [-0.2, 0) is 5.33 Å². The van der Waals surface area contributed by atoms with Gasteiger partial charge in [0.1, 0.15) is 11.6 Å². The Hall–Kier alpha value is -1.75. The van der Waals surface area contributed by atoms with Crippen molar-refractivity contribution in [2.75, 3.05) is 5.32 Å². The average Bonchev–Trinajstić information content (AvgIpc) is 2.39. The van der Waals surface area contributed by atoms with Crippen LogP contribution in [0.4, 0.5) is 14.5 Å². The summed E-state index contributed by atoms with van der Waals surface area (Å²) in [7, 11) is 0. The van der Waals surface area contributed by atoms with E-state index in [4.69, 9.17) is 0 Å². The van der Waals surface area contributed by atoms with Gasteiger partial charge in [-0.15, -0.1) is 0 Å². The van der Waals surface area contributed by atoms with E-state index in [9.17, 15) is 13.6 Å². The monoisotopic (exact) mass is 325 g/mol. The van der Waals surface area contributed by atoms with E-state index in [0.29, 0.717) is 17.1 Å². The zero-order chi connectivity index (χ0) is 13.8. The van der Waals surface area contributed by atoms with Crippen LogP contribution >= 0.6 is 15.9 Å². The quantitative estimate of drug-likeness (QED) is 0.845. The van der Waals surface area contributed by atoms with E-state index < -0.39 is 17.5 Å². The molecular weight excluding hydrogens is 316 g/mol. The second-order valence-electron chi connectivity index (χ2n) is 3.91. The summed E-state index contributed by atoms with van der Waals surface area (Å²) in [6.45, 7) is 0. The van der Waals surface area contributed by atoms with E-state index in [2.05, 4.69) is 21.2 Å². The van der Waals surface area contributed by atoms with Crippen molar-refractivity contribution in [2.45, 2.75) is 5.33 Å². The number of halogens is 3. The third kappa shape index (κ3) is 3.38. The van der Waals surface area contributed by atoms with Crippen LogP contribution in [0.2, 0.25) is 0 Å². The third-order valence-electron chi connectivity index (χ3n) is 2.54. The van der Waals surface area contributed by atoms with Gasteiger partial charge in [0.2, 0.25) is 0 Å². The maximum absolute atomic E-state index is 13.4. The molecule has 0 fully saturated rings. The molecule has 2 rings (SSSR count). The molecule has 0 aliphatic rings. The van der Waals surface area contributed by atoms with Gasteiger partial charge in [-0.2, -0.15) is 0 Å². The molecule has 1 N–H and O–H groups in total. The van der Waals surface area contributed by atoms with Gasteiger partial charge in [0, 0.05) is 17.1 Å².